The molecule has 1 amide bonds. The molecule has 1 rings (SSSR count). The van der Waals surface area contributed by atoms with Gasteiger partial charge in [0.1, 0.15) is 5.75 Å². The van der Waals surface area contributed by atoms with Crippen LogP contribution in [-0.2, 0) is 5.41 Å². The molecule has 0 bridgehead atoms. The molecular formula is C12H14F3NO2. The van der Waals surface area contributed by atoms with Crippen molar-refractivity contribution in [1.82, 2.24) is 0 Å². The van der Waals surface area contributed by atoms with Crippen LogP contribution >= 0.6 is 0 Å². The molecule has 1 aromatic carbocycles. The smallest absolute Gasteiger partial charge is 0.405 e. The van der Waals surface area contributed by atoms with E-state index in [2.05, 4.69) is 4.74 Å². The average molecular weight is 261 g/mol. The Morgan fingerprint density at radius 3 is 2.17 bits per heavy atom. The van der Waals surface area contributed by atoms with Crippen molar-refractivity contribution in [2.24, 2.45) is 5.73 Å². The zero-order chi connectivity index (χ0) is 14.1. The fourth-order valence-electron chi connectivity index (χ4n) is 1.72. The van der Waals surface area contributed by atoms with Crippen LogP contribution in [0.3, 0.4) is 0 Å². The first kappa shape index (κ1) is 14.3. The van der Waals surface area contributed by atoms with Crippen LogP contribution in [0.1, 0.15) is 36.7 Å². The number of amides is 1. The predicted octanol–water partition coefficient (Wildman–Crippen LogP) is 2.98. The van der Waals surface area contributed by atoms with E-state index in [1.165, 1.54) is 18.2 Å². The van der Waals surface area contributed by atoms with E-state index in [0.29, 0.717) is 0 Å². The van der Waals surface area contributed by atoms with Crippen molar-refractivity contribution in [2.75, 3.05) is 0 Å². The van der Waals surface area contributed by atoms with Crippen molar-refractivity contribution in [3.63, 3.8) is 0 Å². The van der Waals surface area contributed by atoms with E-state index in [1.54, 1.807) is 20.8 Å². The first-order valence-electron chi connectivity index (χ1n) is 5.21. The molecule has 0 aromatic heterocycles. The van der Waals surface area contributed by atoms with Crippen LogP contribution in [-0.4, -0.2) is 12.3 Å². The first-order valence-corrected chi connectivity index (χ1v) is 5.21. The highest BCUT2D eigenvalue weighted by atomic mass is 19.4. The Morgan fingerprint density at radius 2 is 1.78 bits per heavy atom. The number of hydrogen-bond acceptors (Lipinski definition) is 2. The minimum atomic E-state index is -4.81. The third kappa shape index (κ3) is 3.38. The van der Waals surface area contributed by atoms with Crippen LogP contribution in [0.25, 0.3) is 0 Å². The van der Waals surface area contributed by atoms with E-state index in [9.17, 15) is 18.0 Å². The fourth-order valence-corrected chi connectivity index (χ4v) is 1.72. The molecule has 1 aromatic rings. The molecule has 3 nitrogen and oxygen atoms in total. The van der Waals surface area contributed by atoms with Gasteiger partial charge in [0.2, 0.25) is 5.91 Å². The number of hydrogen-bond donors (Lipinski definition) is 1. The molecule has 2 N–H and O–H groups in total. The number of primary amides is 1. The van der Waals surface area contributed by atoms with E-state index in [1.807, 2.05) is 0 Å². The van der Waals surface area contributed by atoms with Gasteiger partial charge in [-0.2, -0.15) is 0 Å². The molecule has 0 atom stereocenters. The molecule has 0 fully saturated rings. The van der Waals surface area contributed by atoms with Crippen molar-refractivity contribution in [3.05, 3.63) is 29.3 Å². The second-order valence-corrected chi connectivity index (χ2v) is 4.84. The number of benzene rings is 1. The molecule has 0 heterocycles. The van der Waals surface area contributed by atoms with Gasteiger partial charge in [-0.15, -0.1) is 13.2 Å². The molecule has 0 aliphatic carbocycles. The summed E-state index contributed by atoms with van der Waals surface area (Å²) in [5.74, 6) is -1.18. The third-order valence-corrected chi connectivity index (χ3v) is 2.27. The van der Waals surface area contributed by atoms with Gasteiger partial charge in [0.25, 0.3) is 0 Å². The van der Waals surface area contributed by atoms with Gasteiger partial charge in [-0.05, 0) is 17.5 Å². The summed E-state index contributed by atoms with van der Waals surface area (Å²) in [6.45, 7) is 5.04. The molecule has 0 saturated heterocycles. The number of halogens is 3. The molecule has 0 unspecified atom stereocenters. The normalized spacial score (nSPS) is 12.3. The summed E-state index contributed by atoms with van der Waals surface area (Å²) in [7, 11) is 0. The van der Waals surface area contributed by atoms with E-state index >= 15 is 0 Å². The predicted molar refractivity (Wildman–Crippen MR) is 60.3 cm³/mol. The van der Waals surface area contributed by atoms with Crippen LogP contribution in [0, 0.1) is 0 Å². The van der Waals surface area contributed by atoms with Crippen LogP contribution in [0.2, 0.25) is 0 Å². The molecule has 0 saturated carbocycles. The second kappa shape index (κ2) is 4.51. The Labute approximate surface area is 103 Å². The van der Waals surface area contributed by atoms with Gasteiger partial charge in [-0.1, -0.05) is 26.8 Å². The minimum absolute atomic E-state index is 0.0317. The van der Waals surface area contributed by atoms with Crippen molar-refractivity contribution in [3.8, 4) is 5.75 Å². The highest BCUT2D eigenvalue weighted by Crippen LogP contribution is 2.36. The monoisotopic (exact) mass is 261 g/mol. The number of rotatable bonds is 2. The Morgan fingerprint density at radius 1 is 1.22 bits per heavy atom. The SMILES string of the molecule is CC(C)(C)c1c(OC(F)(F)F)cccc1C(N)=O. The molecule has 0 radical (unpaired) electrons. The molecule has 18 heavy (non-hydrogen) atoms. The van der Waals surface area contributed by atoms with E-state index in [4.69, 9.17) is 5.73 Å². The lowest BCUT2D eigenvalue weighted by atomic mass is 9.83. The summed E-state index contributed by atoms with van der Waals surface area (Å²) < 4.78 is 40.9. The lowest BCUT2D eigenvalue weighted by Crippen LogP contribution is -2.25. The second-order valence-electron chi connectivity index (χ2n) is 4.84. The number of carbonyl (C=O) groups is 1. The third-order valence-electron chi connectivity index (χ3n) is 2.27. The Balaban J connectivity index is 3.43. The molecule has 0 aliphatic rings. The summed E-state index contributed by atoms with van der Waals surface area (Å²) >= 11 is 0. The quantitative estimate of drug-likeness (QED) is 0.889. The topological polar surface area (TPSA) is 52.3 Å². The maximum atomic E-state index is 12.3. The van der Waals surface area contributed by atoms with Gasteiger partial charge in [-0.3, -0.25) is 4.79 Å². The average Bonchev–Trinajstić information content (AvgIpc) is 2.12. The zero-order valence-electron chi connectivity index (χ0n) is 10.3. The van der Waals surface area contributed by atoms with E-state index < -0.39 is 23.4 Å². The van der Waals surface area contributed by atoms with Gasteiger partial charge in [-0.25, -0.2) is 0 Å². The number of carbonyl (C=O) groups excluding carboxylic acids is 1. The summed E-state index contributed by atoms with van der Waals surface area (Å²) in [6, 6.07) is 3.85. The molecule has 100 valence electrons. The van der Waals surface area contributed by atoms with E-state index in [0.717, 1.165) is 0 Å². The van der Waals surface area contributed by atoms with Crippen LogP contribution in [0.5, 0.6) is 5.75 Å². The Bertz CT molecular complexity index is 461. The van der Waals surface area contributed by atoms with Crippen LogP contribution in [0.15, 0.2) is 18.2 Å². The van der Waals surface area contributed by atoms with Crippen molar-refractivity contribution in [1.29, 1.82) is 0 Å². The Hall–Kier alpha value is -1.72. The lowest BCUT2D eigenvalue weighted by Gasteiger charge is -2.25. The minimum Gasteiger partial charge on any atom is -0.405 e. The molecular weight excluding hydrogens is 247 g/mol. The van der Waals surface area contributed by atoms with Crippen molar-refractivity contribution >= 4 is 5.91 Å². The van der Waals surface area contributed by atoms with Gasteiger partial charge in [0.15, 0.2) is 0 Å². The molecule has 6 heteroatoms. The first-order chi connectivity index (χ1) is 8.02. The van der Waals surface area contributed by atoms with Gasteiger partial charge in [0.05, 0.1) is 0 Å². The summed E-state index contributed by atoms with van der Waals surface area (Å²) in [5, 5.41) is 0. The van der Waals surface area contributed by atoms with Crippen LogP contribution in [0.4, 0.5) is 13.2 Å². The number of ether oxygens (including phenoxy) is 1. The summed E-state index contributed by atoms with van der Waals surface area (Å²) in [4.78, 5) is 11.3. The Kier molecular flexibility index (Phi) is 3.59. The molecule has 0 spiro atoms. The molecule has 0 aliphatic heterocycles. The number of nitrogens with two attached hydrogens (primary N) is 1. The highest BCUT2D eigenvalue weighted by Gasteiger charge is 2.35. The summed E-state index contributed by atoms with van der Waals surface area (Å²) in [6.07, 6.45) is -4.81. The van der Waals surface area contributed by atoms with Gasteiger partial charge < -0.3 is 10.5 Å². The van der Waals surface area contributed by atoms with E-state index in [-0.39, 0.29) is 11.1 Å². The largest absolute Gasteiger partial charge is 0.573 e. The lowest BCUT2D eigenvalue weighted by molar-refractivity contribution is -0.275. The zero-order valence-corrected chi connectivity index (χ0v) is 10.3. The highest BCUT2D eigenvalue weighted by molar-refractivity contribution is 5.95. The van der Waals surface area contributed by atoms with Crippen LogP contribution < -0.4 is 10.5 Å². The standard InChI is InChI=1S/C12H14F3NO2/c1-11(2,3)9-7(10(16)17)5-4-6-8(9)18-12(13,14)15/h4-6H,1-3H3,(H2,16,17). The van der Waals surface area contributed by atoms with Gasteiger partial charge in [0, 0.05) is 11.1 Å². The maximum Gasteiger partial charge on any atom is 0.573 e. The fraction of sp³-hybridized carbons (Fsp3) is 0.417. The summed E-state index contributed by atoms with van der Waals surface area (Å²) in [5.41, 5.74) is 4.65. The van der Waals surface area contributed by atoms with Gasteiger partial charge >= 0.3 is 6.36 Å². The van der Waals surface area contributed by atoms with Crippen molar-refractivity contribution in [2.45, 2.75) is 32.5 Å². The van der Waals surface area contributed by atoms with Crippen molar-refractivity contribution < 1.29 is 22.7 Å². The number of alkyl halides is 3. The maximum absolute atomic E-state index is 12.3.